The first kappa shape index (κ1) is 16.8. The van der Waals surface area contributed by atoms with Crippen LogP contribution in [0.1, 0.15) is 24.2 Å². The van der Waals surface area contributed by atoms with E-state index in [1.807, 2.05) is 48.5 Å². The first-order chi connectivity index (χ1) is 12.3. The molecule has 2 aromatic carbocycles. The molecule has 0 bridgehead atoms. The number of aromatic nitrogens is 1. The maximum Gasteiger partial charge on any atom is 0.226 e. The molecule has 1 atom stereocenters. The average molecular weight is 334 g/mol. The zero-order valence-electron chi connectivity index (χ0n) is 14.4. The van der Waals surface area contributed by atoms with Crippen molar-refractivity contribution in [2.75, 3.05) is 7.05 Å². The van der Waals surface area contributed by atoms with E-state index in [9.17, 15) is 0 Å². The number of benzene rings is 2. The zero-order valence-corrected chi connectivity index (χ0v) is 14.4. The minimum absolute atomic E-state index is 0.157. The van der Waals surface area contributed by atoms with Crippen LogP contribution in [0.5, 0.6) is 0 Å². The Bertz CT molecular complexity index is 812. The van der Waals surface area contributed by atoms with E-state index in [4.69, 9.17) is 4.42 Å². The van der Waals surface area contributed by atoms with Gasteiger partial charge in [-0.15, -0.1) is 0 Å². The van der Waals surface area contributed by atoms with E-state index in [0.717, 1.165) is 17.2 Å². The highest BCUT2D eigenvalue weighted by Crippen LogP contribution is 2.17. The number of rotatable bonds is 5. The van der Waals surface area contributed by atoms with Gasteiger partial charge in [-0.25, -0.2) is 4.98 Å². The van der Waals surface area contributed by atoms with Crippen LogP contribution >= 0.6 is 0 Å². The van der Waals surface area contributed by atoms with Gasteiger partial charge < -0.3 is 15.1 Å². The van der Waals surface area contributed by atoms with Crippen molar-refractivity contribution in [3.05, 3.63) is 78.2 Å². The summed E-state index contributed by atoms with van der Waals surface area (Å²) >= 11 is 0. The van der Waals surface area contributed by atoms with Crippen LogP contribution in [0.4, 0.5) is 0 Å². The molecule has 0 saturated heterocycles. The highest BCUT2D eigenvalue weighted by Gasteiger charge is 2.09. The Morgan fingerprint density at radius 3 is 2.44 bits per heavy atom. The van der Waals surface area contributed by atoms with Crippen molar-refractivity contribution in [3.63, 3.8) is 0 Å². The van der Waals surface area contributed by atoms with Crippen LogP contribution in [-0.4, -0.2) is 18.0 Å². The van der Waals surface area contributed by atoms with E-state index in [2.05, 4.69) is 39.7 Å². The van der Waals surface area contributed by atoms with Crippen molar-refractivity contribution in [1.29, 1.82) is 0 Å². The summed E-state index contributed by atoms with van der Waals surface area (Å²) in [6.07, 6.45) is 1.67. The molecule has 0 aliphatic rings. The fourth-order valence-corrected chi connectivity index (χ4v) is 2.50. The van der Waals surface area contributed by atoms with Crippen LogP contribution in [0.2, 0.25) is 0 Å². The van der Waals surface area contributed by atoms with Gasteiger partial charge in [-0.1, -0.05) is 48.5 Å². The molecule has 25 heavy (non-hydrogen) atoms. The number of nitrogens with zero attached hydrogens (tertiary/aromatic N) is 2. The Hall–Kier alpha value is -3.08. The van der Waals surface area contributed by atoms with E-state index in [0.29, 0.717) is 12.4 Å². The molecule has 2 N–H and O–H groups in total. The molecule has 0 aliphatic carbocycles. The summed E-state index contributed by atoms with van der Waals surface area (Å²) in [6.45, 7) is 2.64. The molecule has 0 fully saturated rings. The lowest BCUT2D eigenvalue weighted by molar-refractivity contribution is 0.572. The lowest BCUT2D eigenvalue weighted by Crippen LogP contribution is -2.38. The molecule has 0 amide bonds. The minimum Gasteiger partial charge on any atom is -0.444 e. The van der Waals surface area contributed by atoms with E-state index in [1.54, 1.807) is 13.3 Å². The molecule has 1 aromatic heterocycles. The van der Waals surface area contributed by atoms with E-state index >= 15 is 0 Å². The molecule has 0 radical (unpaired) electrons. The standard InChI is InChI=1S/C20H22N4O/c1-15(16-9-5-3-6-10-16)23-20(21-2)22-13-18-14-25-19(24-18)17-11-7-4-8-12-17/h3-12,14-15H,13H2,1-2H3,(H2,21,22,23). The second-order valence-corrected chi connectivity index (χ2v) is 5.71. The maximum atomic E-state index is 5.56. The van der Waals surface area contributed by atoms with E-state index in [1.165, 1.54) is 5.56 Å². The predicted molar refractivity (Wildman–Crippen MR) is 100 cm³/mol. The third-order valence-corrected chi connectivity index (χ3v) is 3.89. The number of nitrogens with one attached hydrogen (secondary N) is 2. The molecule has 0 saturated carbocycles. The topological polar surface area (TPSA) is 62.5 Å². The summed E-state index contributed by atoms with van der Waals surface area (Å²) < 4.78 is 5.56. The summed E-state index contributed by atoms with van der Waals surface area (Å²) in [5.41, 5.74) is 3.00. The Morgan fingerprint density at radius 2 is 1.76 bits per heavy atom. The van der Waals surface area contributed by atoms with Crippen LogP contribution in [0.3, 0.4) is 0 Å². The third kappa shape index (κ3) is 4.47. The van der Waals surface area contributed by atoms with Crippen molar-refractivity contribution in [2.45, 2.75) is 19.5 Å². The molecule has 5 nitrogen and oxygen atoms in total. The van der Waals surface area contributed by atoms with Crippen LogP contribution < -0.4 is 10.6 Å². The van der Waals surface area contributed by atoms with Crippen LogP contribution in [0, 0.1) is 0 Å². The second kappa shape index (κ2) is 8.15. The van der Waals surface area contributed by atoms with E-state index < -0.39 is 0 Å². The molecule has 0 aliphatic heterocycles. The molecule has 0 spiro atoms. The summed E-state index contributed by atoms with van der Waals surface area (Å²) in [5.74, 6) is 1.35. The van der Waals surface area contributed by atoms with Gasteiger partial charge in [-0.3, -0.25) is 4.99 Å². The van der Waals surface area contributed by atoms with Crippen molar-refractivity contribution < 1.29 is 4.42 Å². The first-order valence-corrected chi connectivity index (χ1v) is 8.28. The monoisotopic (exact) mass is 334 g/mol. The molecular formula is C20H22N4O. The highest BCUT2D eigenvalue weighted by atomic mass is 16.3. The van der Waals surface area contributed by atoms with Gasteiger partial charge in [-0.05, 0) is 24.6 Å². The van der Waals surface area contributed by atoms with Crippen molar-refractivity contribution in [2.24, 2.45) is 4.99 Å². The first-order valence-electron chi connectivity index (χ1n) is 8.28. The summed E-state index contributed by atoms with van der Waals surface area (Å²) in [5, 5.41) is 6.64. The largest absolute Gasteiger partial charge is 0.444 e. The van der Waals surface area contributed by atoms with Gasteiger partial charge in [0.1, 0.15) is 6.26 Å². The van der Waals surface area contributed by atoms with E-state index in [-0.39, 0.29) is 6.04 Å². The normalized spacial score (nSPS) is 12.6. The zero-order chi connectivity index (χ0) is 17.5. The number of guanidine groups is 1. The van der Waals surface area contributed by atoms with Crippen LogP contribution in [0.25, 0.3) is 11.5 Å². The number of hydrogen-bond acceptors (Lipinski definition) is 3. The highest BCUT2D eigenvalue weighted by molar-refractivity contribution is 5.80. The SMILES string of the molecule is CN=C(NCc1coc(-c2ccccc2)n1)NC(C)c1ccccc1. The van der Waals surface area contributed by atoms with Crippen LogP contribution in [-0.2, 0) is 6.54 Å². The molecule has 3 aromatic rings. The molecule has 1 heterocycles. The van der Waals surface area contributed by atoms with Gasteiger partial charge in [0.2, 0.25) is 5.89 Å². The number of hydrogen-bond donors (Lipinski definition) is 2. The van der Waals surface area contributed by atoms with Crippen molar-refractivity contribution in [3.8, 4) is 11.5 Å². The Kier molecular flexibility index (Phi) is 5.46. The Balaban J connectivity index is 1.58. The van der Waals surface area contributed by atoms with Crippen molar-refractivity contribution in [1.82, 2.24) is 15.6 Å². The van der Waals surface area contributed by atoms with Gasteiger partial charge in [-0.2, -0.15) is 0 Å². The van der Waals surface area contributed by atoms with Gasteiger partial charge in [0.15, 0.2) is 5.96 Å². The molecule has 1 unspecified atom stereocenters. The van der Waals surface area contributed by atoms with Crippen molar-refractivity contribution >= 4 is 5.96 Å². The summed E-state index contributed by atoms with van der Waals surface area (Å²) in [4.78, 5) is 8.78. The van der Waals surface area contributed by atoms with Gasteiger partial charge >= 0.3 is 0 Å². The lowest BCUT2D eigenvalue weighted by atomic mass is 10.1. The molecule has 3 rings (SSSR count). The number of aliphatic imine (C=N–C) groups is 1. The summed E-state index contributed by atoms with van der Waals surface area (Å²) in [7, 11) is 1.76. The fourth-order valence-electron chi connectivity index (χ4n) is 2.50. The lowest BCUT2D eigenvalue weighted by Gasteiger charge is -2.17. The van der Waals surface area contributed by atoms with Gasteiger partial charge in [0.05, 0.1) is 18.3 Å². The minimum atomic E-state index is 0.157. The quantitative estimate of drug-likeness (QED) is 0.551. The Morgan fingerprint density at radius 1 is 1.08 bits per heavy atom. The van der Waals surface area contributed by atoms with Gasteiger partial charge in [0.25, 0.3) is 0 Å². The summed E-state index contributed by atoms with van der Waals surface area (Å²) in [6, 6.07) is 20.3. The molecular weight excluding hydrogens is 312 g/mol. The Labute approximate surface area is 147 Å². The second-order valence-electron chi connectivity index (χ2n) is 5.71. The molecule has 5 heteroatoms. The van der Waals surface area contributed by atoms with Crippen LogP contribution in [0.15, 0.2) is 76.3 Å². The maximum absolute atomic E-state index is 5.56. The molecule has 128 valence electrons. The average Bonchev–Trinajstić information content (AvgIpc) is 3.15. The fraction of sp³-hybridized carbons (Fsp3) is 0.200. The smallest absolute Gasteiger partial charge is 0.226 e. The third-order valence-electron chi connectivity index (χ3n) is 3.89. The van der Waals surface area contributed by atoms with Gasteiger partial charge in [0, 0.05) is 12.6 Å². The predicted octanol–water partition coefficient (Wildman–Crippen LogP) is 3.77. The number of oxazole rings is 1.